The molecule has 1 aromatic rings. The first-order valence-corrected chi connectivity index (χ1v) is 8.65. The van der Waals surface area contributed by atoms with Crippen LogP contribution in [-0.4, -0.2) is 39.9 Å². The van der Waals surface area contributed by atoms with E-state index in [9.17, 15) is 8.42 Å². The lowest BCUT2D eigenvalue weighted by Gasteiger charge is -2.38. The van der Waals surface area contributed by atoms with Gasteiger partial charge in [-0.2, -0.15) is 0 Å². The fourth-order valence-corrected chi connectivity index (χ4v) is 3.61. The second-order valence-electron chi connectivity index (χ2n) is 6.63. The first kappa shape index (κ1) is 16.1. The van der Waals surface area contributed by atoms with E-state index in [1.807, 2.05) is 6.07 Å². The lowest BCUT2D eigenvalue weighted by Crippen LogP contribution is -2.37. The van der Waals surface area contributed by atoms with Crippen LogP contribution in [0.5, 0.6) is 0 Å². The molecule has 21 heavy (non-hydrogen) atoms. The van der Waals surface area contributed by atoms with Gasteiger partial charge in [0.05, 0.1) is 11.4 Å². The van der Waals surface area contributed by atoms with Gasteiger partial charge in [0.15, 0.2) is 0 Å². The van der Waals surface area contributed by atoms with Crippen molar-refractivity contribution >= 4 is 21.4 Å². The van der Waals surface area contributed by atoms with Gasteiger partial charge in [-0.05, 0) is 30.4 Å². The Kier molecular flexibility index (Phi) is 4.22. The highest BCUT2D eigenvalue weighted by atomic mass is 32.2. The summed E-state index contributed by atoms with van der Waals surface area (Å²) < 4.78 is 25.8. The number of rotatable bonds is 3. The molecule has 0 amide bonds. The topological polar surface area (TPSA) is 66.6 Å². The van der Waals surface area contributed by atoms with E-state index >= 15 is 0 Å². The summed E-state index contributed by atoms with van der Waals surface area (Å²) in [6, 6.07) is 5.24. The number of anilines is 2. The third-order valence-corrected chi connectivity index (χ3v) is 6.13. The van der Waals surface area contributed by atoms with Crippen molar-refractivity contribution in [3.05, 3.63) is 18.2 Å². The lowest BCUT2D eigenvalue weighted by atomic mass is 9.82. The zero-order valence-electron chi connectivity index (χ0n) is 13.3. The Balaban J connectivity index is 2.36. The van der Waals surface area contributed by atoms with Gasteiger partial charge in [-0.25, -0.2) is 12.7 Å². The third-order valence-electron chi connectivity index (χ3n) is 4.26. The zero-order valence-corrected chi connectivity index (χ0v) is 14.1. The third kappa shape index (κ3) is 3.16. The molecule has 118 valence electrons. The van der Waals surface area contributed by atoms with Gasteiger partial charge in [0.25, 0.3) is 0 Å². The van der Waals surface area contributed by atoms with E-state index in [1.165, 1.54) is 18.4 Å². The molecule has 1 aromatic carbocycles. The average molecular weight is 311 g/mol. The van der Waals surface area contributed by atoms with Crippen LogP contribution in [-0.2, 0) is 10.0 Å². The number of para-hydroxylation sites is 1. The van der Waals surface area contributed by atoms with E-state index in [0.717, 1.165) is 31.6 Å². The second kappa shape index (κ2) is 5.50. The van der Waals surface area contributed by atoms with Crippen molar-refractivity contribution in [3.63, 3.8) is 0 Å². The molecule has 2 rings (SSSR count). The van der Waals surface area contributed by atoms with Crippen molar-refractivity contribution in [1.82, 2.24) is 4.31 Å². The largest absolute Gasteiger partial charge is 0.396 e. The van der Waals surface area contributed by atoms with Crippen molar-refractivity contribution in [1.29, 1.82) is 0 Å². The first-order valence-electron chi connectivity index (χ1n) is 7.21. The number of hydrogen-bond acceptors (Lipinski definition) is 4. The monoisotopic (exact) mass is 311 g/mol. The maximum atomic E-state index is 12.3. The quantitative estimate of drug-likeness (QED) is 0.869. The van der Waals surface area contributed by atoms with Crippen LogP contribution in [0.3, 0.4) is 0 Å². The molecule has 1 fully saturated rings. The highest BCUT2D eigenvalue weighted by molar-refractivity contribution is 7.89. The summed E-state index contributed by atoms with van der Waals surface area (Å²) in [5.74, 6) is 0. The minimum absolute atomic E-state index is 0.190. The Morgan fingerprint density at radius 2 is 1.76 bits per heavy atom. The number of nitrogens with two attached hydrogens (primary N) is 1. The van der Waals surface area contributed by atoms with E-state index in [-0.39, 0.29) is 4.90 Å². The van der Waals surface area contributed by atoms with Gasteiger partial charge in [0.1, 0.15) is 4.90 Å². The molecule has 5 nitrogen and oxygen atoms in total. The molecule has 0 saturated carbocycles. The number of nitrogens with zero attached hydrogens (tertiary/aromatic N) is 2. The SMILES string of the molecule is CN(C)S(=O)(=O)c1cccc(N2CCC(C)(C)CC2)c1N. The smallest absolute Gasteiger partial charge is 0.244 e. The van der Waals surface area contributed by atoms with Gasteiger partial charge >= 0.3 is 0 Å². The number of piperidine rings is 1. The molecule has 0 aliphatic carbocycles. The van der Waals surface area contributed by atoms with E-state index in [4.69, 9.17) is 5.73 Å². The molecule has 0 bridgehead atoms. The fourth-order valence-electron chi connectivity index (χ4n) is 2.58. The molecule has 0 radical (unpaired) electrons. The van der Waals surface area contributed by atoms with Crippen LogP contribution in [0.4, 0.5) is 11.4 Å². The molecule has 0 aromatic heterocycles. The predicted molar refractivity (Wildman–Crippen MR) is 87.0 cm³/mol. The minimum atomic E-state index is -3.51. The van der Waals surface area contributed by atoms with Crippen LogP contribution in [0.15, 0.2) is 23.1 Å². The summed E-state index contributed by atoms with van der Waals surface area (Å²) in [4.78, 5) is 2.38. The van der Waals surface area contributed by atoms with Crippen molar-refractivity contribution in [2.75, 3.05) is 37.8 Å². The Morgan fingerprint density at radius 3 is 2.29 bits per heavy atom. The van der Waals surface area contributed by atoms with E-state index in [2.05, 4.69) is 18.7 Å². The van der Waals surface area contributed by atoms with E-state index < -0.39 is 10.0 Å². The van der Waals surface area contributed by atoms with Crippen molar-refractivity contribution in [2.24, 2.45) is 5.41 Å². The number of sulfonamides is 1. The molecule has 0 unspecified atom stereocenters. The van der Waals surface area contributed by atoms with Gasteiger partial charge in [0.2, 0.25) is 10.0 Å². The summed E-state index contributed by atoms with van der Waals surface area (Å²) >= 11 is 0. The van der Waals surface area contributed by atoms with Crippen LogP contribution >= 0.6 is 0 Å². The van der Waals surface area contributed by atoms with Crippen molar-refractivity contribution in [3.8, 4) is 0 Å². The summed E-state index contributed by atoms with van der Waals surface area (Å²) in [5, 5.41) is 0. The summed E-state index contributed by atoms with van der Waals surface area (Å²) in [7, 11) is -0.472. The molecule has 1 heterocycles. The molecular formula is C15H25N3O2S. The van der Waals surface area contributed by atoms with Gasteiger partial charge < -0.3 is 10.6 Å². The van der Waals surface area contributed by atoms with E-state index in [1.54, 1.807) is 12.1 Å². The summed E-state index contributed by atoms with van der Waals surface area (Å²) in [6.07, 6.45) is 2.16. The summed E-state index contributed by atoms with van der Waals surface area (Å²) in [6.45, 7) is 6.34. The van der Waals surface area contributed by atoms with Crippen LogP contribution < -0.4 is 10.6 Å². The van der Waals surface area contributed by atoms with Gasteiger partial charge in [-0.3, -0.25) is 0 Å². The van der Waals surface area contributed by atoms with Gasteiger partial charge in [0, 0.05) is 27.2 Å². The van der Waals surface area contributed by atoms with Gasteiger partial charge in [-0.15, -0.1) is 0 Å². The van der Waals surface area contributed by atoms with Crippen LogP contribution in [0, 0.1) is 5.41 Å². The Hall–Kier alpha value is -1.27. The average Bonchev–Trinajstić information content (AvgIpc) is 2.39. The second-order valence-corrected chi connectivity index (χ2v) is 8.75. The molecule has 1 aliphatic rings. The van der Waals surface area contributed by atoms with Crippen molar-refractivity contribution < 1.29 is 8.42 Å². The highest BCUT2D eigenvalue weighted by Crippen LogP contribution is 2.36. The molecule has 1 saturated heterocycles. The van der Waals surface area contributed by atoms with Crippen LogP contribution in [0.1, 0.15) is 26.7 Å². The molecule has 2 N–H and O–H groups in total. The maximum absolute atomic E-state index is 12.3. The minimum Gasteiger partial charge on any atom is -0.396 e. The molecule has 1 aliphatic heterocycles. The Morgan fingerprint density at radius 1 is 1.19 bits per heavy atom. The zero-order chi connectivity index (χ0) is 15.8. The highest BCUT2D eigenvalue weighted by Gasteiger charge is 2.28. The number of nitrogen functional groups attached to an aromatic ring is 1. The molecule has 0 spiro atoms. The Bertz CT molecular complexity index is 614. The van der Waals surface area contributed by atoms with Gasteiger partial charge in [-0.1, -0.05) is 19.9 Å². The van der Waals surface area contributed by atoms with E-state index in [0.29, 0.717) is 11.1 Å². The van der Waals surface area contributed by atoms with Crippen molar-refractivity contribution in [2.45, 2.75) is 31.6 Å². The summed E-state index contributed by atoms with van der Waals surface area (Å²) in [5.41, 5.74) is 7.68. The first-order chi connectivity index (χ1) is 9.65. The standard InChI is InChI=1S/C15H25N3O2S/c1-15(2)8-10-18(11-9-15)12-6-5-7-13(14(12)16)21(19,20)17(3)4/h5-7H,8-11,16H2,1-4H3. The fraction of sp³-hybridized carbons (Fsp3) is 0.600. The number of hydrogen-bond donors (Lipinski definition) is 1. The maximum Gasteiger partial charge on any atom is 0.244 e. The predicted octanol–water partition coefficient (Wildman–Crippen LogP) is 2.15. The molecular weight excluding hydrogens is 286 g/mol. The Labute approximate surface area is 127 Å². The molecule has 6 heteroatoms. The molecule has 0 atom stereocenters. The normalized spacial score (nSPS) is 19.0. The van der Waals surface area contributed by atoms with Crippen LogP contribution in [0.25, 0.3) is 0 Å². The number of benzene rings is 1. The van der Waals surface area contributed by atoms with Crippen LogP contribution in [0.2, 0.25) is 0 Å². The lowest BCUT2D eigenvalue weighted by molar-refractivity contribution is 0.280.